The van der Waals surface area contributed by atoms with Crippen LogP contribution in [0.3, 0.4) is 0 Å². The van der Waals surface area contributed by atoms with E-state index in [4.69, 9.17) is 5.14 Å². The number of rotatable bonds is 7. The van der Waals surface area contributed by atoms with Gasteiger partial charge < -0.3 is 10.6 Å². The summed E-state index contributed by atoms with van der Waals surface area (Å²) in [4.78, 5) is 14.9. The molecule has 0 spiro atoms. The number of likely N-dealkylation sites (tertiary alicyclic amines) is 1. The molecule has 3 rings (SSSR count). The number of primary sulfonamides is 1. The van der Waals surface area contributed by atoms with Crippen molar-refractivity contribution in [2.45, 2.75) is 50.2 Å². The van der Waals surface area contributed by atoms with Gasteiger partial charge in [0.2, 0.25) is 10.0 Å². The number of nitrogens with two attached hydrogens (primary N) is 1. The van der Waals surface area contributed by atoms with E-state index in [1.807, 2.05) is 19.1 Å². The van der Waals surface area contributed by atoms with Crippen molar-refractivity contribution in [1.29, 1.82) is 0 Å². The Morgan fingerprint density at radius 2 is 1.67 bits per heavy atom. The van der Waals surface area contributed by atoms with Gasteiger partial charge >= 0.3 is 6.03 Å². The van der Waals surface area contributed by atoms with Crippen LogP contribution in [0.25, 0.3) is 0 Å². The van der Waals surface area contributed by atoms with E-state index in [9.17, 15) is 13.2 Å². The molecule has 8 heteroatoms. The number of nitrogens with zero attached hydrogens (tertiary/aromatic N) is 1. The van der Waals surface area contributed by atoms with Gasteiger partial charge in [-0.1, -0.05) is 42.8 Å². The average Bonchev–Trinajstić information content (AvgIpc) is 2.73. The zero-order valence-electron chi connectivity index (χ0n) is 17.3. The summed E-state index contributed by atoms with van der Waals surface area (Å²) in [5.74, 6) is 0. The predicted molar refractivity (Wildman–Crippen MR) is 117 cm³/mol. The molecule has 4 N–H and O–H groups in total. The molecule has 1 saturated heterocycles. The van der Waals surface area contributed by atoms with Gasteiger partial charge in [0.15, 0.2) is 0 Å². The van der Waals surface area contributed by atoms with Crippen molar-refractivity contribution in [2.24, 2.45) is 5.14 Å². The number of carbonyl (C=O) groups excluding carboxylic acids is 1. The summed E-state index contributed by atoms with van der Waals surface area (Å²) in [6.45, 7) is 5.46. The number of urea groups is 1. The lowest BCUT2D eigenvalue weighted by atomic mass is 10.0. The molecule has 1 fully saturated rings. The first-order valence-electron chi connectivity index (χ1n) is 10.3. The van der Waals surface area contributed by atoms with Crippen LogP contribution in [0.1, 0.15) is 48.9 Å². The number of amides is 2. The lowest BCUT2D eigenvalue weighted by molar-refractivity contribution is 0.220. The van der Waals surface area contributed by atoms with Crippen molar-refractivity contribution >= 4 is 16.1 Å². The van der Waals surface area contributed by atoms with E-state index >= 15 is 0 Å². The predicted octanol–water partition coefficient (Wildman–Crippen LogP) is 2.88. The number of sulfonamides is 1. The summed E-state index contributed by atoms with van der Waals surface area (Å²) in [5.41, 5.74) is 3.15. The van der Waals surface area contributed by atoms with Crippen LogP contribution in [0.5, 0.6) is 0 Å². The minimum absolute atomic E-state index is 0.0493. The summed E-state index contributed by atoms with van der Waals surface area (Å²) in [6.07, 6.45) is 3.81. The van der Waals surface area contributed by atoms with E-state index in [-0.39, 0.29) is 17.0 Å². The highest BCUT2D eigenvalue weighted by Gasteiger charge is 2.14. The van der Waals surface area contributed by atoms with Gasteiger partial charge in [-0.2, -0.15) is 0 Å². The highest BCUT2D eigenvalue weighted by atomic mass is 32.2. The quantitative estimate of drug-likeness (QED) is 0.628. The molecule has 0 unspecified atom stereocenters. The standard InChI is InChI=1S/C22H30N4O3S/c1-17(18-9-11-21(12-10-18)30(23,28)29)25-22(27)24-15-19-7-3-4-8-20(19)16-26-13-5-2-6-14-26/h3-4,7-12,17H,2,5-6,13-16H2,1H3,(H2,23,28,29)(H2,24,25,27)/t17-/m1/s1. The van der Waals surface area contributed by atoms with Crippen molar-refractivity contribution in [3.8, 4) is 0 Å². The van der Waals surface area contributed by atoms with E-state index in [1.165, 1.54) is 37.0 Å². The zero-order chi connectivity index (χ0) is 21.6. The number of piperidine rings is 1. The number of benzene rings is 2. The van der Waals surface area contributed by atoms with Gasteiger partial charge in [0.1, 0.15) is 0 Å². The van der Waals surface area contributed by atoms with Crippen molar-refractivity contribution in [3.63, 3.8) is 0 Å². The van der Waals surface area contributed by atoms with Crippen LogP contribution < -0.4 is 15.8 Å². The monoisotopic (exact) mass is 430 g/mol. The molecule has 1 aliphatic heterocycles. The van der Waals surface area contributed by atoms with Gasteiger partial charge in [0, 0.05) is 13.1 Å². The number of hydrogen-bond donors (Lipinski definition) is 3. The molecule has 2 aromatic carbocycles. The summed E-state index contributed by atoms with van der Waals surface area (Å²) in [5, 5.41) is 10.9. The highest BCUT2D eigenvalue weighted by Crippen LogP contribution is 2.17. The van der Waals surface area contributed by atoms with Crippen molar-refractivity contribution in [2.75, 3.05) is 13.1 Å². The molecule has 2 amide bonds. The summed E-state index contributed by atoms with van der Waals surface area (Å²) in [7, 11) is -3.73. The van der Waals surface area contributed by atoms with E-state index in [0.717, 1.165) is 30.8 Å². The van der Waals surface area contributed by atoms with Crippen LogP contribution in [0, 0.1) is 0 Å². The third kappa shape index (κ3) is 6.29. The fourth-order valence-corrected chi connectivity index (χ4v) is 4.21. The summed E-state index contributed by atoms with van der Waals surface area (Å²) >= 11 is 0. The number of carbonyl (C=O) groups is 1. The molecule has 0 radical (unpaired) electrons. The van der Waals surface area contributed by atoms with E-state index in [1.54, 1.807) is 12.1 Å². The molecule has 0 aliphatic carbocycles. The second kappa shape index (κ2) is 10.1. The minimum Gasteiger partial charge on any atom is -0.334 e. The van der Waals surface area contributed by atoms with Crippen LogP contribution in [-0.4, -0.2) is 32.4 Å². The molecule has 7 nitrogen and oxygen atoms in total. The molecule has 0 saturated carbocycles. The number of hydrogen-bond acceptors (Lipinski definition) is 4. The third-order valence-electron chi connectivity index (χ3n) is 5.46. The molecule has 0 bridgehead atoms. The molecule has 1 heterocycles. The largest absolute Gasteiger partial charge is 0.334 e. The van der Waals surface area contributed by atoms with E-state index in [0.29, 0.717) is 6.54 Å². The molecule has 30 heavy (non-hydrogen) atoms. The van der Waals surface area contributed by atoms with Gasteiger partial charge in [0.05, 0.1) is 10.9 Å². The Balaban J connectivity index is 1.54. The molecule has 162 valence electrons. The maximum Gasteiger partial charge on any atom is 0.315 e. The Bertz CT molecular complexity index is 955. The van der Waals surface area contributed by atoms with Gasteiger partial charge in [-0.3, -0.25) is 4.90 Å². The fourth-order valence-electron chi connectivity index (χ4n) is 3.70. The molecular weight excluding hydrogens is 400 g/mol. The lowest BCUT2D eigenvalue weighted by Gasteiger charge is -2.27. The minimum atomic E-state index is -3.73. The average molecular weight is 431 g/mol. The van der Waals surface area contributed by atoms with Crippen molar-refractivity contribution < 1.29 is 13.2 Å². The van der Waals surface area contributed by atoms with Crippen LogP contribution in [0.2, 0.25) is 0 Å². The topological polar surface area (TPSA) is 105 Å². The first-order chi connectivity index (χ1) is 14.3. The first kappa shape index (κ1) is 22.3. The van der Waals surface area contributed by atoms with Crippen molar-refractivity contribution in [3.05, 3.63) is 65.2 Å². The number of nitrogens with one attached hydrogen (secondary N) is 2. The van der Waals surface area contributed by atoms with Gasteiger partial charge in [0.25, 0.3) is 0 Å². The Hall–Kier alpha value is -2.42. The smallest absolute Gasteiger partial charge is 0.315 e. The first-order valence-corrected chi connectivity index (χ1v) is 11.8. The molecule has 2 aromatic rings. The Morgan fingerprint density at radius 3 is 2.30 bits per heavy atom. The van der Waals surface area contributed by atoms with Gasteiger partial charge in [-0.05, 0) is 61.7 Å². The van der Waals surface area contributed by atoms with E-state index < -0.39 is 10.0 Å². The highest BCUT2D eigenvalue weighted by molar-refractivity contribution is 7.89. The fraction of sp³-hybridized carbons (Fsp3) is 0.409. The lowest BCUT2D eigenvalue weighted by Crippen LogP contribution is -2.37. The van der Waals surface area contributed by atoms with Crippen LogP contribution >= 0.6 is 0 Å². The van der Waals surface area contributed by atoms with Crippen LogP contribution in [-0.2, 0) is 23.1 Å². The van der Waals surface area contributed by atoms with Crippen LogP contribution in [0.4, 0.5) is 4.79 Å². The maximum absolute atomic E-state index is 12.4. The Labute approximate surface area is 178 Å². The maximum atomic E-state index is 12.4. The molecular formula is C22H30N4O3S. The molecule has 1 atom stereocenters. The van der Waals surface area contributed by atoms with Crippen LogP contribution in [0.15, 0.2) is 53.4 Å². The zero-order valence-corrected chi connectivity index (χ0v) is 18.1. The summed E-state index contributed by atoms with van der Waals surface area (Å²) in [6, 6.07) is 13.8. The third-order valence-corrected chi connectivity index (χ3v) is 6.39. The van der Waals surface area contributed by atoms with Crippen molar-refractivity contribution in [1.82, 2.24) is 15.5 Å². The molecule has 0 aromatic heterocycles. The van der Waals surface area contributed by atoms with E-state index in [2.05, 4.69) is 27.7 Å². The Kier molecular flexibility index (Phi) is 7.47. The van der Waals surface area contributed by atoms with Gasteiger partial charge in [-0.25, -0.2) is 18.4 Å². The summed E-state index contributed by atoms with van der Waals surface area (Å²) < 4.78 is 22.7. The van der Waals surface area contributed by atoms with Gasteiger partial charge in [-0.15, -0.1) is 0 Å². The Morgan fingerprint density at radius 1 is 1.03 bits per heavy atom. The second-order valence-electron chi connectivity index (χ2n) is 7.77. The second-order valence-corrected chi connectivity index (χ2v) is 9.33. The normalized spacial score (nSPS) is 16.1. The molecule has 1 aliphatic rings. The SMILES string of the molecule is C[C@@H](NC(=O)NCc1ccccc1CN1CCCCC1)c1ccc(S(N)(=O)=O)cc1.